The van der Waals surface area contributed by atoms with Crippen molar-refractivity contribution in [2.45, 2.75) is 0 Å². The third-order valence-corrected chi connectivity index (χ3v) is 12.6. The second kappa shape index (κ2) is 11.1. The van der Waals surface area contributed by atoms with Crippen LogP contribution >= 0.6 is 69.2 Å². The number of hydrogen-bond donors (Lipinski definition) is 0. The largest absolute Gasteiger partial charge is 0.871 e. The van der Waals surface area contributed by atoms with Gasteiger partial charge in [-0.3, -0.25) is 0 Å². The van der Waals surface area contributed by atoms with Gasteiger partial charge in [-0.25, -0.2) is 0 Å². The highest BCUT2D eigenvalue weighted by Gasteiger charge is 2.43. The summed E-state index contributed by atoms with van der Waals surface area (Å²) in [5.41, 5.74) is 0. The Morgan fingerprint density at radius 1 is 0.533 bits per heavy atom. The normalized spacial score (nSPS) is 10.8. The first-order valence-corrected chi connectivity index (χ1v) is 15.2. The van der Waals surface area contributed by atoms with E-state index in [4.69, 9.17) is 0 Å². The molecule has 0 unspecified atom stereocenters. The van der Waals surface area contributed by atoms with Gasteiger partial charge in [0.15, 0.2) is 21.5 Å². The number of halogens is 4. The number of benzene rings is 4. The predicted octanol–water partition coefficient (Wildman–Crippen LogP) is 7.34. The van der Waals surface area contributed by atoms with E-state index in [-0.39, 0.29) is 5.75 Å². The Morgan fingerprint density at radius 3 is 1.13 bits per heavy atom. The summed E-state index contributed by atoms with van der Waals surface area (Å²) in [6.07, 6.45) is 0. The Balaban J connectivity index is 0.000000216. The molecule has 0 aliphatic heterocycles. The molecule has 0 fully saturated rings. The van der Waals surface area contributed by atoms with E-state index >= 15 is 0 Å². The van der Waals surface area contributed by atoms with Crippen molar-refractivity contribution in [3.05, 3.63) is 117 Å². The fourth-order valence-electron chi connectivity index (χ4n) is 2.88. The number of hydrogen-bond acceptors (Lipinski definition) is 1. The summed E-state index contributed by atoms with van der Waals surface area (Å²) in [5, 5.41) is 15.0. The Bertz CT molecular complexity index is 970. The van der Waals surface area contributed by atoms with E-state index in [1.165, 1.54) is 15.9 Å². The summed E-state index contributed by atoms with van der Waals surface area (Å²) in [7, 11) is 0. The fourth-order valence-corrected chi connectivity index (χ4v) is 9.91. The molecule has 0 aromatic heterocycles. The molecule has 0 radical (unpaired) electrons. The zero-order valence-corrected chi connectivity index (χ0v) is 22.9. The van der Waals surface area contributed by atoms with Gasteiger partial charge in [0, 0.05) is 13.4 Å². The lowest BCUT2D eigenvalue weighted by atomic mass is 10.3. The fraction of sp³-hybridized carbons (Fsp3) is 0. The molecule has 4 aromatic carbocycles. The maximum atomic E-state index is 11.0. The lowest BCUT2D eigenvalue weighted by Gasteiger charge is -2.19. The van der Waals surface area contributed by atoms with Gasteiger partial charge in [-0.1, -0.05) is 108 Å². The van der Waals surface area contributed by atoms with Gasteiger partial charge < -0.3 is 5.11 Å². The summed E-state index contributed by atoms with van der Waals surface area (Å²) in [6, 6.07) is 35.5. The van der Waals surface area contributed by atoms with Gasteiger partial charge in [0.2, 0.25) is 0 Å². The minimum atomic E-state index is -1.71. The molecular weight excluding hydrogens is 655 g/mol. The van der Waals surface area contributed by atoms with Crippen molar-refractivity contribution in [3.63, 3.8) is 0 Å². The molecule has 0 aliphatic rings. The van der Waals surface area contributed by atoms with E-state index < -0.39 is 5.96 Å². The minimum absolute atomic E-state index is 0.0248. The van der Waals surface area contributed by atoms with Crippen LogP contribution in [0.2, 0.25) is 0 Å². The quantitative estimate of drug-likeness (QED) is 0.209. The average Bonchev–Trinajstić information content (AvgIpc) is 2.79. The van der Waals surface area contributed by atoms with Crippen molar-refractivity contribution < 1.29 is 5.11 Å². The lowest BCUT2D eigenvalue weighted by molar-refractivity contribution is -0.270. The molecule has 4 aromatic rings. The van der Waals surface area contributed by atoms with Crippen LogP contribution in [0.1, 0.15) is 0 Å². The van der Waals surface area contributed by atoms with Crippen LogP contribution in [0.15, 0.2) is 117 Å². The zero-order chi connectivity index (χ0) is 21.6. The maximum Gasteiger partial charge on any atom is 0.181 e. The summed E-state index contributed by atoms with van der Waals surface area (Å²) in [4.78, 5) is 0. The highest BCUT2D eigenvalue weighted by molar-refractivity contribution is 9.44. The standard InChI is InChI=1S/C18H15BrP.C6H3Br3O/c19-20(16-10-4-1-5-11-16,17-12-6-2-7-13-17)18-14-8-3-9-15-18;7-3-1-4(8)6(10)5(9)2-3/h1-15H;1-2,10H/q+1;/p-1. The van der Waals surface area contributed by atoms with Crippen LogP contribution in [0, 0.1) is 0 Å². The third-order valence-electron chi connectivity index (χ3n) is 4.30. The molecule has 0 amide bonds. The zero-order valence-electron chi connectivity index (χ0n) is 15.7. The van der Waals surface area contributed by atoms with Gasteiger partial charge in [0.25, 0.3) is 0 Å². The first kappa shape index (κ1) is 23.7. The average molecular weight is 672 g/mol. The SMILES string of the molecule is Br[P+](c1ccccc1)(c1ccccc1)c1ccccc1.[O-]c1c(Br)cc(Br)cc1Br. The Hall–Kier alpha value is -0.970. The van der Waals surface area contributed by atoms with Crippen LogP contribution < -0.4 is 21.0 Å². The highest BCUT2D eigenvalue weighted by Crippen LogP contribution is 2.62. The molecule has 0 N–H and O–H groups in total. The van der Waals surface area contributed by atoms with Crippen molar-refractivity contribution in [1.82, 2.24) is 0 Å². The summed E-state index contributed by atoms with van der Waals surface area (Å²) in [5.74, 6) is -1.74. The van der Waals surface area contributed by atoms with Crippen LogP contribution in [0.4, 0.5) is 0 Å². The molecule has 6 heteroatoms. The molecular formula is C24H17Br4OP. The van der Waals surface area contributed by atoms with E-state index in [1.54, 1.807) is 12.1 Å². The Morgan fingerprint density at radius 2 is 0.833 bits per heavy atom. The lowest BCUT2D eigenvalue weighted by Crippen LogP contribution is -2.26. The van der Waals surface area contributed by atoms with Gasteiger partial charge in [0.1, 0.15) is 15.9 Å². The van der Waals surface area contributed by atoms with E-state index in [9.17, 15) is 5.11 Å². The molecule has 0 saturated heterocycles. The van der Waals surface area contributed by atoms with Crippen LogP contribution in [-0.4, -0.2) is 0 Å². The molecule has 152 valence electrons. The molecule has 0 aliphatic carbocycles. The van der Waals surface area contributed by atoms with E-state index in [0.29, 0.717) is 8.95 Å². The van der Waals surface area contributed by atoms with Gasteiger partial charge in [-0.05, 0) is 48.5 Å². The monoisotopic (exact) mass is 668 g/mol. The highest BCUT2D eigenvalue weighted by atomic mass is 79.9. The molecule has 4 rings (SSSR count). The Labute approximate surface area is 211 Å². The maximum absolute atomic E-state index is 11.0. The molecule has 30 heavy (non-hydrogen) atoms. The summed E-state index contributed by atoms with van der Waals surface area (Å²) < 4.78 is 2.01. The molecule has 0 atom stereocenters. The molecule has 0 spiro atoms. The van der Waals surface area contributed by atoms with Gasteiger partial charge in [-0.15, -0.1) is 0 Å². The third kappa shape index (κ3) is 5.63. The van der Waals surface area contributed by atoms with Crippen molar-refractivity contribution in [3.8, 4) is 5.75 Å². The molecule has 1 nitrogen and oxygen atoms in total. The van der Waals surface area contributed by atoms with Crippen LogP contribution in [0.5, 0.6) is 5.75 Å². The van der Waals surface area contributed by atoms with Gasteiger partial charge in [-0.2, -0.15) is 0 Å². The van der Waals surface area contributed by atoms with Crippen molar-refractivity contribution in [2.24, 2.45) is 0 Å². The van der Waals surface area contributed by atoms with Gasteiger partial charge >= 0.3 is 0 Å². The second-order valence-electron chi connectivity index (χ2n) is 6.29. The first-order chi connectivity index (χ1) is 14.4. The number of rotatable bonds is 3. The second-order valence-corrected chi connectivity index (χ2v) is 14.8. The Kier molecular flexibility index (Phi) is 8.73. The molecule has 0 heterocycles. The predicted molar refractivity (Wildman–Crippen MR) is 143 cm³/mol. The van der Waals surface area contributed by atoms with E-state index in [0.717, 1.165) is 4.47 Å². The summed E-state index contributed by atoms with van der Waals surface area (Å²) >= 11 is 13.6. The van der Waals surface area contributed by atoms with Crippen LogP contribution in [-0.2, 0) is 0 Å². The molecule has 0 saturated carbocycles. The minimum Gasteiger partial charge on any atom is -0.871 e. The first-order valence-electron chi connectivity index (χ1n) is 9.00. The molecule has 0 bridgehead atoms. The van der Waals surface area contributed by atoms with Crippen molar-refractivity contribution >= 4 is 85.2 Å². The van der Waals surface area contributed by atoms with Crippen LogP contribution in [0.3, 0.4) is 0 Å². The van der Waals surface area contributed by atoms with Crippen molar-refractivity contribution in [2.75, 3.05) is 0 Å². The van der Waals surface area contributed by atoms with Crippen molar-refractivity contribution in [1.29, 1.82) is 0 Å². The van der Waals surface area contributed by atoms with Crippen LogP contribution in [0.25, 0.3) is 0 Å². The smallest absolute Gasteiger partial charge is 0.181 e. The van der Waals surface area contributed by atoms with Gasteiger partial charge in [0.05, 0.1) is 0 Å². The topological polar surface area (TPSA) is 23.1 Å². The van der Waals surface area contributed by atoms with E-state index in [1.807, 2.05) is 0 Å². The van der Waals surface area contributed by atoms with E-state index in [2.05, 4.69) is 154 Å². The summed E-state index contributed by atoms with van der Waals surface area (Å²) in [6.45, 7) is 0.